The first-order chi connectivity index (χ1) is 6.36. The molecule has 0 saturated carbocycles. The number of carbonyl (C=O) groups is 1. The first-order valence-corrected chi connectivity index (χ1v) is 3.82. The second-order valence-electron chi connectivity index (χ2n) is 2.34. The molecule has 0 aliphatic carbocycles. The smallest absolute Gasteiger partial charge is 0.186 e. The fourth-order valence-corrected chi connectivity index (χ4v) is 0.900. The first-order valence-electron chi connectivity index (χ1n) is 3.82. The minimum atomic E-state index is -0.330. The van der Waals surface area contributed by atoms with Gasteiger partial charge < -0.3 is 9.84 Å². The topological polar surface area (TPSA) is 46.5 Å². The number of allylic oxidation sites excluding steroid dienone is 1. The SMILES string of the molecule is O=C/C=C/c1ccc(OCO)cc1. The molecule has 68 valence electrons. The number of benzene rings is 1. The van der Waals surface area contributed by atoms with Gasteiger partial charge in [-0.25, -0.2) is 0 Å². The largest absolute Gasteiger partial charge is 0.468 e. The number of hydrogen-bond acceptors (Lipinski definition) is 3. The van der Waals surface area contributed by atoms with E-state index >= 15 is 0 Å². The van der Waals surface area contributed by atoms with Gasteiger partial charge in [-0.3, -0.25) is 4.79 Å². The van der Waals surface area contributed by atoms with Gasteiger partial charge in [0, 0.05) is 0 Å². The molecule has 0 aliphatic heterocycles. The fourth-order valence-electron chi connectivity index (χ4n) is 0.900. The summed E-state index contributed by atoms with van der Waals surface area (Å²) in [4.78, 5) is 10.0. The highest BCUT2D eigenvalue weighted by Crippen LogP contribution is 2.12. The van der Waals surface area contributed by atoms with Crippen LogP contribution in [0.1, 0.15) is 5.56 Å². The lowest BCUT2D eigenvalue weighted by atomic mass is 10.2. The molecule has 0 aromatic heterocycles. The molecule has 0 bridgehead atoms. The molecule has 13 heavy (non-hydrogen) atoms. The van der Waals surface area contributed by atoms with E-state index in [1.807, 2.05) is 0 Å². The molecule has 0 atom stereocenters. The highest BCUT2D eigenvalue weighted by Gasteiger charge is 1.90. The zero-order chi connectivity index (χ0) is 9.52. The molecule has 0 spiro atoms. The molecule has 0 fully saturated rings. The van der Waals surface area contributed by atoms with Gasteiger partial charge in [-0.15, -0.1) is 0 Å². The zero-order valence-corrected chi connectivity index (χ0v) is 7.01. The van der Waals surface area contributed by atoms with Gasteiger partial charge in [-0.1, -0.05) is 18.2 Å². The van der Waals surface area contributed by atoms with Crippen LogP contribution < -0.4 is 4.74 Å². The second-order valence-corrected chi connectivity index (χ2v) is 2.34. The van der Waals surface area contributed by atoms with Gasteiger partial charge in [0.05, 0.1) is 0 Å². The summed E-state index contributed by atoms with van der Waals surface area (Å²) < 4.78 is 4.83. The zero-order valence-electron chi connectivity index (χ0n) is 7.01. The highest BCUT2D eigenvalue weighted by atomic mass is 16.6. The molecule has 0 radical (unpaired) electrons. The molecule has 1 aromatic carbocycles. The molecular formula is C10H10O3. The van der Waals surface area contributed by atoms with E-state index in [0.29, 0.717) is 5.75 Å². The Morgan fingerprint density at radius 2 is 2.00 bits per heavy atom. The van der Waals surface area contributed by atoms with Crippen molar-refractivity contribution in [2.24, 2.45) is 0 Å². The third-order valence-corrected chi connectivity index (χ3v) is 1.48. The number of aliphatic hydroxyl groups excluding tert-OH is 1. The maximum absolute atomic E-state index is 10.0. The molecule has 0 unspecified atom stereocenters. The van der Waals surface area contributed by atoms with Crippen LogP contribution in [0, 0.1) is 0 Å². The highest BCUT2D eigenvalue weighted by molar-refractivity contribution is 5.73. The molecule has 1 rings (SSSR count). The number of ether oxygens (including phenoxy) is 1. The average Bonchev–Trinajstić information content (AvgIpc) is 2.17. The van der Waals surface area contributed by atoms with Crippen LogP contribution >= 0.6 is 0 Å². The van der Waals surface area contributed by atoms with E-state index in [-0.39, 0.29) is 6.79 Å². The lowest BCUT2D eigenvalue weighted by Gasteiger charge is -2.00. The summed E-state index contributed by atoms with van der Waals surface area (Å²) in [6.07, 6.45) is 3.83. The molecule has 3 heteroatoms. The molecule has 3 nitrogen and oxygen atoms in total. The summed E-state index contributed by atoms with van der Waals surface area (Å²) in [5.41, 5.74) is 0.914. The summed E-state index contributed by atoms with van der Waals surface area (Å²) in [5, 5.41) is 8.45. The molecule has 1 N–H and O–H groups in total. The normalized spacial score (nSPS) is 10.2. The number of hydrogen-bond donors (Lipinski definition) is 1. The number of aliphatic hydroxyl groups is 1. The quantitative estimate of drug-likeness (QED) is 0.428. The van der Waals surface area contributed by atoms with Crippen LogP contribution in [0.15, 0.2) is 30.3 Å². The van der Waals surface area contributed by atoms with E-state index in [1.165, 1.54) is 6.08 Å². The fraction of sp³-hybridized carbons (Fsp3) is 0.100. The van der Waals surface area contributed by atoms with Crippen molar-refractivity contribution in [3.8, 4) is 5.75 Å². The molecule has 0 heterocycles. The minimum Gasteiger partial charge on any atom is -0.468 e. The van der Waals surface area contributed by atoms with E-state index in [0.717, 1.165) is 11.8 Å². The van der Waals surface area contributed by atoms with Gasteiger partial charge >= 0.3 is 0 Å². The van der Waals surface area contributed by atoms with E-state index in [2.05, 4.69) is 0 Å². The Kier molecular flexibility index (Phi) is 3.73. The molecule has 0 saturated heterocycles. The van der Waals surface area contributed by atoms with Crippen LogP contribution in [0.2, 0.25) is 0 Å². The summed E-state index contributed by atoms with van der Waals surface area (Å²) in [6.45, 7) is -0.330. The predicted molar refractivity (Wildman–Crippen MR) is 49.3 cm³/mol. The third-order valence-electron chi connectivity index (χ3n) is 1.48. The van der Waals surface area contributed by atoms with E-state index in [1.54, 1.807) is 30.3 Å². The Labute approximate surface area is 76.3 Å². The summed E-state index contributed by atoms with van der Waals surface area (Å²) in [7, 11) is 0. The number of carbonyl (C=O) groups excluding carboxylic acids is 1. The molecule has 0 aliphatic rings. The summed E-state index contributed by atoms with van der Waals surface area (Å²) in [5.74, 6) is 0.603. The standard InChI is InChI=1S/C10H10O3/c11-7-1-2-9-3-5-10(6-4-9)13-8-12/h1-7,12H,8H2/b2-1+. The minimum absolute atomic E-state index is 0.330. The molecule has 1 aromatic rings. The number of aldehydes is 1. The van der Waals surface area contributed by atoms with Gasteiger partial charge in [0.25, 0.3) is 0 Å². The van der Waals surface area contributed by atoms with Crippen LogP contribution in [-0.4, -0.2) is 18.2 Å². The average molecular weight is 178 g/mol. The third kappa shape index (κ3) is 3.09. The van der Waals surface area contributed by atoms with Gasteiger partial charge in [0.1, 0.15) is 12.0 Å². The Bertz CT molecular complexity index is 288. The van der Waals surface area contributed by atoms with Crippen molar-refractivity contribution < 1.29 is 14.6 Å². The maximum atomic E-state index is 10.0. The number of rotatable bonds is 4. The first kappa shape index (κ1) is 9.48. The van der Waals surface area contributed by atoms with Crippen molar-refractivity contribution in [1.82, 2.24) is 0 Å². The van der Waals surface area contributed by atoms with Crippen molar-refractivity contribution in [3.05, 3.63) is 35.9 Å². The van der Waals surface area contributed by atoms with Crippen molar-refractivity contribution in [3.63, 3.8) is 0 Å². The van der Waals surface area contributed by atoms with Crippen molar-refractivity contribution >= 4 is 12.4 Å². The lowest BCUT2D eigenvalue weighted by molar-refractivity contribution is -0.104. The van der Waals surface area contributed by atoms with Crippen LogP contribution in [0.3, 0.4) is 0 Å². The van der Waals surface area contributed by atoms with Gasteiger partial charge in [-0.05, 0) is 23.8 Å². The van der Waals surface area contributed by atoms with Crippen LogP contribution in [-0.2, 0) is 4.79 Å². The molecule has 0 amide bonds. The van der Waals surface area contributed by atoms with E-state index < -0.39 is 0 Å². The van der Waals surface area contributed by atoms with Crippen molar-refractivity contribution in [2.75, 3.05) is 6.79 Å². The van der Waals surface area contributed by atoms with Crippen LogP contribution in [0.5, 0.6) is 5.75 Å². The predicted octanol–water partition coefficient (Wildman–Crippen LogP) is 1.23. The summed E-state index contributed by atoms with van der Waals surface area (Å²) in [6, 6.07) is 7.04. The lowest BCUT2D eigenvalue weighted by Crippen LogP contribution is -1.93. The molecular weight excluding hydrogens is 168 g/mol. The van der Waals surface area contributed by atoms with Crippen LogP contribution in [0.25, 0.3) is 6.08 Å². The second kappa shape index (κ2) is 5.11. The Morgan fingerprint density at radius 3 is 2.54 bits per heavy atom. The van der Waals surface area contributed by atoms with E-state index in [9.17, 15) is 4.79 Å². The monoisotopic (exact) mass is 178 g/mol. The van der Waals surface area contributed by atoms with Crippen molar-refractivity contribution in [2.45, 2.75) is 0 Å². The Morgan fingerprint density at radius 1 is 1.31 bits per heavy atom. The Hall–Kier alpha value is -1.61. The van der Waals surface area contributed by atoms with Crippen LogP contribution in [0.4, 0.5) is 0 Å². The van der Waals surface area contributed by atoms with Gasteiger partial charge in [0.2, 0.25) is 0 Å². The maximum Gasteiger partial charge on any atom is 0.186 e. The van der Waals surface area contributed by atoms with Crippen molar-refractivity contribution in [1.29, 1.82) is 0 Å². The van der Waals surface area contributed by atoms with Gasteiger partial charge in [0.15, 0.2) is 6.79 Å². The van der Waals surface area contributed by atoms with E-state index in [4.69, 9.17) is 9.84 Å². The van der Waals surface area contributed by atoms with Gasteiger partial charge in [-0.2, -0.15) is 0 Å². The Balaban J connectivity index is 2.69. The summed E-state index contributed by atoms with van der Waals surface area (Å²) >= 11 is 0.